The standard InChI is InChI=1S/C20H22FN3/c1-14(19-11-22-7-8-23-19)20-16(6-9-24-12-17(21)13-24)10-15-4-2-3-5-18(15)20/h2-5,7-8,11,14,17H,6,9-10,12-13H2,1H3. The van der Waals surface area contributed by atoms with Gasteiger partial charge in [0.25, 0.3) is 0 Å². The molecule has 1 unspecified atom stereocenters. The average molecular weight is 323 g/mol. The minimum Gasteiger partial charge on any atom is -0.297 e. The number of halogens is 1. The molecular weight excluding hydrogens is 301 g/mol. The van der Waals surface area contributed by atoms with Gasteiger partial charge in [0, 0.05) is 44.1 Å². The van der Waals surface area contributed by atoms with Crippen LogP contribution in [0.15, 0.2) is 48.4 Å². The molecule has 0 saturated carbocycles. The summed E-state index contributed by atoms with van der Waals surface area (Å²) in [4.78, 5) is 10.9. The summed E-state index contributed by atoms with van der Waals surface area (Å²) >= 11 is 0. The van der Waals surface area contributed by atoms with E-state index in [1.54, 1.807) is 12.4 Å². The van der Waals surface area contributed by atoms with Gasteiger partial charge in [-0.05, 0) is 29.5 Å². The molecule has 3 nitrogen and oxygen atoms in total. The Morgan fingerprint density at radius 3 is 2.83 bits per heavy atom. The van der Waals surface area contributed by atoms with Crippen LogP contribution >= 0.6 is 0 Å². The molecule has 1 saturated heterocycles. The third-order valence-electron chi connectivity index (χ3n) is 5.19. The predicted molar refractivity (Wildman–Crippen MR) is 93.5 cm³/mol. The molecule has 2 aliphatic rings. The number of hydrogen-bond acceptors (Lipinski definition) is 3. The van der Waals surface area contributed by atoms with Crippen molar-refractivity contribution in [2.75, 3.05) is 19.6 Å². The van der Waals surface area contributed by atoms with E-state index in [2.05, 4.69) is 46.1 Å². The highest BCUT2D eigenvalue weighted by Crippen LogP contribution is 2.42. The van der Waals surface area contributed by atoms with E-state index in [9.17, 15) is 4.39 Å². The Balaban J connectivity index is 1.62. The summed E-state index contributed by atoms with van der Waals surface area (Å²) in [5, 5.41) is 0. The molecule has 4 rings (SSSR count). The molecule has 1 fully saturated rings. The van der Waals surface area contributed by atoms with Crippen molar-refractivity contribution in [3.8, 4) is 0 Å². The van der Waals surface area contributed by atoms with Gasteiger partial charge in [-0.25, -0.2) is 4.39 Å². The Hall–Kier alpha value is -2.07. The number of alkyl halides is 1. The van der Waals surface area contributed by atoms with Gasteiger partial charge in [-0.2, -0.15) is 0 Å². The quantitative estimate of drug-likeness (QED) is 0.841. The SMILES string of the molecule is CC(C1=C(CCN2CC(F)C2)Cc2ccccc21)c1cnccn1. The maximum atomic E-state index is 13.0. The highest BCUT2D eigenvalue weighted by Gasteiger charge is 2.29. The van der Waals surface area contributed by atoms with E-state index in [0.717, 1.165) is 25.1 Å². The van der Waals surface area contributed by atoms with E-state index in [0.29, 0.717) is 13.1 Å². The van der Waals surface area contributed by atoms with Crippen LogP contribution in [0.2, 0.25) is 0 Å². The number of likely N-dealkylation sites (tertiary alicyclic amines) is 1. The smallest absolute Gasteiger partial charge is 0.125 e. The molecule has 0 N–H and O–H groups in total. The first-order valence-electron chi connectivity index (χ1n) is 8.65. The van der Waals surface area contributed by atoms with E-state index in [1.165, 1.54) is 22.3 Å². The van der Waals surface area contributed by atoms with Gasteiger partial charge in [-0.3, -0.25) is 14.9 Å². The van der Waals surface area contributed by atoms with Gasteiger partial charge in [-0.15, -0.1) is 0 Å². The predicted octanol–water partition coefficient (Wildman–Crippen LogP) is 3.63. The van der Waals surface area contributed by atoms with Gasteiger partial charge in [0.2, 0.25) is 0 Å². The largest absolute Gasteiger partial charge is 0.297 e. The Labute approximate surface area is 142 Å². The van der Waals surface area contributed by atoms with Gasteiger partial charge in [0.05, 0.1) is 5.69 Å². The molecule has 0 spiro atoms. The van der Waals surface area contributed by atoms with Gasteiger partial charge >= 0.3 is 0 Å². The maximum Gasteiger partial charge on any atom is 0.125 e. The van der Waals surface area contributed by atoms with E-state index in [1.807, 2.05) is 6.20 Å². The minimum atomic E-state index is -0.627. The lowest BCUT2D eigenvalue weighted by molar-refractivity contribution is 0.0669. The maximum absolute atomic E-state index is 13.0. The summed E-state index contributed by atoms with van der Waals surface area (Å²) in [7, 11) is 0. The van der Waals surface area contributed by atoms with Crippen LogP contribution in [-0.2, 0) is 6.42 Å². The van der Waals surface area contributed by atoms with Crippen molar-refractivity contribution in [1.29, 1.82) is 0 Å². The van der Waals surface area contributed by atoms with Crippen molar-refractivity contribution in [2.45, 2.75) is 31.9 Å². The molecule has 1 aliphatic heterocycles. The van der Waals surface area contributed by atoms with Gasteiger partial charge in [-0.1, -0.05) is 36.8 Å². The summed E-state index contributed by atoms with van der Waals surface area (Å²) < 4.78 is 13.0. The summed E-state index contributed by atoms with van der Waals surface area (Å²) in [6.45, 7) is 4.34. The summed E-state index contributed by atoms with van der Waals surface area (Å²) in [5.74, 6) is 0.225. The van der Waals surface area contributed by atoms with E-state index < -0.39 is 6.17 Å². The topological polar surface area (TPSA) is 29.0 Å². The highest BCUT2D eigenvalue weighted by atomic mass is 19.1. The van der Waals surface area contributed by atoms with Crippen molar-refractivity contribution in [2.24, 2.45) is 0 Å². The van der Waals surface area contributed by atoms with Crippen molar-refractivity contribution >= 4 is 5.57 Å². The minimum absolute atomic E-state index is 0.225. The molecule has 2 heterocycles. The number of benzene rings is 1. The van der Waals surface area contributed by atoms with Gasteiger partial charge < -0.3 is 0 Å². The van der Waals surface area contributed by atoms with Crippen molar-refractivity contribution in [3.63, 3.8) is 0 Å². The fourth-order valence-electron chi connectivity index (χ4n) is 3.88. The number of rotatable bonds is 5. The molecule has 4 heteroatoms. The molecule has 1 aromatic carbocycles. The van der Waals surface area contributed by atoms with Crippen LogP contribution in [0.5, 0.6) is 0 Å². The molecule has 0 bridgehead atoms. The number of hydrogen-bond donors (Lipinski definition) is 0. The summed E-state index contributed by atoms with van der Waals surface area (Å²) in [5.41, 5.74) is 6.61. The molecule has 1 aliphatic carbocycles. The third-order valence-corrected chi connectivity index (χ3v) is 5.19. The Bertz CT molecular complexity index is 750. The van der Waals surface area contributed by atoms with Crippen LogP contribution in [-0.4, -0.2) is 40.7 Å². The monoisotopic (exact) mass is 323 g/mol. The Kier molecular flexibility index (Phi) is 4.15. The van der Waals surface area contributed by atoms with Gasteiger partial charge in [0.15, 0.2) is 0 Å². The van der Waals surface area contributed by atoms with Crippen molar-refractivity contribution in [3.05, 3.63) is 65.2 Å². The lowest BCUT2D eigenvalue weighted by Crippen LogP contribution is -2.48. The first-order chi connectivity index (χ1) is 11.7. The van der Waals surface area contributed by atoms with E-state index >= 15 is 0 Å². The average Bonchev–Trinajstić information content (AvgIpc) is 2.96. The zero-order chi connectivity index (χ0) is 16.5. The second kappa shape index (κ2) is 6.44. The van der Waals surface area contributed by atoms with Crippen LogP contribution in [0.4, 0.5) is 4.39 Å². The molecular formula is C20H22FN3. The second-order valence-corrected chi connectivity index (χ2v) is 6.81. The van der Waals surface area contributed by atoms with E-state index in [-0.39, 0.29) is 5.92 Å². The number of aromatic nitrogens is 2. The van der Waals surface area contributed by atoms with E-state index in [4.69, 9.17) is 0 Å². The van der Waals surface area contributed by atoms with Crippen molar-refractivity contribution < 1.29 is 4.39 Å². The van der Waals surface area contributed by atoms with Crippen LogP contribution in [0, 0.1) is 0 Å². The number of allylic oxidation sites excluding steroid dienone is 1. The Morgan fingerprint density at radius 2 is 2.08 bits per heavy atom. The van der Waals surface area contributed by atoms with Gasteiger partial charge in [0.1, 0.15) is 6.17 Å². The zero-order valence-corrected chi connectivity index (χ0v) is 14.0. The lowest BCUT2D eigenvalue weighted by atomic mass is 9.90. The molecule has 1 aromatic heterocycles. The lowest BCUT2D eigenvalue weighted by Gasteiger charge is -2.34. The molecule has 24 heavy (non-hydrogen) atoms. The Morgan fingerprint density at radius 1 is 1.25 bits per heavy atom. The number of nitrogens with zero attached hydrogens (tertiary/aromatic N) is 3. The first-order valence-corrected chi connectivity index (χ1v) is 8.65. The number of fused-ring (bicyclic) bond motifs is 1. The van der Waals surface area contributed by atoms with Crippen molar-refractivity contribution in [1.82, 2.24) is 14.9 Å². The molecule has 0 radical (unpaired) electrons. The van der Waals surface area contributed by atoms with Crippen LogP contribution in [0.3, 0.4) is 0 Å². The van der Waals surface area contributed by atoms with Crippen LogP contribution in [0.1, 0.15) is 36.1 Å². The molecule has 2 aromatic rings. The normalized spacial score (nSPS) is 19.2. The molecule has 0 amide bonds. The molecule has 124 valence electrons. The highest BCUT2D eigenvalue weighted by molar-refractivity contribution is 5.80. The first kappa shape index (κ1) is 15.5. The fourth-order valence-corrected chi connectivity index (χ4v) is 3.88. The third kappa shape index (κ3) is 2.86. The van der Waals surface area contributed by atoms with Crippen LogP contribution in [0.25, 0.3) is 5.57 Å². The zero-order valence-electron chi connectivity index (χ0n) is 14.0. The fraction of sp³-hybridized carbons (Fsp3) is 0.400. The summed E-state index contributed by atoms with van der Waals surface area (Å²) in [6, 6.07) is 8.64. The second-order valence-electron chi connectivity index (χ2n) is 6.81. The van der Waals surface area contributed by atoms with Crippen LogP contribution < -0.4 is 0 Å². The molecule has 1 atom stereocenters. The summed E-state index contributed by atoms with van der Waals surface area (Å²) in [6.07, 6.45) is 6.71.